The van der Waals surface area contributed by atoms with Crippen molar-refractivity contribution in [2.24, 2.45) is 0 Å². The van der Waals surface area contributed by atoms with E-state index in [2.05, 4.69) is 14.9 Å². The topological polar surface area (TPSA) is 111 Å². The van der Waals surface area contributed by atoms with E-state index in [-0.39, 0.29) is 5.82 Å². The highest BCUT2D eigenvalue weighted by Gasteiger charge is 2.47. The Bertz CT molecular complexity index is 906. The van der Waals surface area contributed by atoms with Crippen molar-refractivity contribution in [2.45, 2.75) is 24.9 Å². The van der Waals surface area contributed by atoms with Crippen molar-refractivity contribution in [2.75, 3.05) is 5.73 Å². The molecule has 0 unspecified atom stereocenters. The third kappa shape index (κ3) is 3.37. The van der Waals surface area contributed by atoms with Crippen LogP contribution in [0.15, 0.2) is 24.3 Å². The van der Waals surface area contributed by atoms with Crippen molar-refractivity contribution in [3.8, 4) is 23.3 Å². The van der Waals surface area contributed by atoms with Gasteiger partial charge in [-0.25, -0.2) is 23.5 Å². The zero-order chi connectivity index (χ0) is 18.9. The predicted molar refractivity (Wildman–Crippen MR) is 81.7 cm³/mol. The number of nitriles is 1. The van der Waals surface area contributed by atoms with Gasteiger partial charge in [-0.15, -0.1) is 0 Å². The minimum Gasteiger partial charge on any atom is -0.473 e. The number of alkyl halides is 2. The van der Waals surface area contributed by atoms with Gasteiger partial charge in [-0.1, -0.05) is 12.1 Å². The minimum atomic E-state index is -2.87. The molecule has 1 aliphatic carbocycles. The van der Waals surface area contributed by atoms with E-state index in [9.17, 15) is 18.1 Å². The Morgan fingerprint density at radius 1 is 1.35 bits per heavy atom. The Hall–Kier alpha value is -3.35. The number of anilines is 1. The number of hydrogen-bond donors (Lipinski definition) is 1. The van der Waals surface area contributed by atoms with Gasteiger partial charge < -0.3 is 10.5 Å². The van der Waals surface area contributed by atoms with Gasteiger partial charge in [-0.3, -0.25) is 0 Å². The number of halogens is 3. The van der Waals surface area contributed by atoms with E-state index in [1.807, 2.05) is 6.07 Å². The van der Waals surface area contributed by atoms with Crippen LogP contribution in [0.5, 0.6) is 5.88 Å². The summed E-state index contributed by atoms with van der Waals surface area (Å²) in [5.74, 6) is -5.29. The van der Waals surface area contributed by atoms with Crippen LogP contribution in [0, 0.1) is 11.3 Å². The van der Waals surface area contributed by atoms with Gasteiger partial charge >= 0.3 is 5.97 Å². The van der Waals surface area contributed by atoms with Crippen molar-refractivity contribution < 1.29 is 27.8 Å². The second kappa shape index (κ2) is 6.51. The summed E-state index contributed by atoms with van der Waals surface area (Å²) >= 11 is 0. The van der Waals surface area contributed by atoms with Crippen molar-refractivity contribution >= 4 is 11.8 Å². The summed E-state index contributed by atoms with van der Waals surface area (Å²) in [6.07, 6.45) is -2.05. The van der Waals surface area contributed by atoms with E-state index in [0.717, 1.165) is 0 Å². The molecule has 2 N–H and O–H groups in total. The molecular weight excluding hydrogens is 353 g/mol. The van der Waals surface area contributed by atoms with Crippen molar-refractivity contribution in [1.29, 1.82) is 5.26 Å². The smallest absolute Gasteiger partial charge is 0.388 e. The van der Waals surface area contributed by atoms with Crippen LogP contribution in [0.3, 0.4) is 0 Å². The van der Waals surface area contributed by atoms with Gasteiger partial charge in [0.05, 0.1) is 11.6 Å². The largest absolute Gasteiger partial charge is 0.473 e. The van der Waals surface area contributed by atoms with E-state index in [4.69, 9.17) is 15.7 Å². The molecule has 26 heavy (non-hydrogen) atoms. The molecule has 1 heterocycles. The van der Waals surface area contributed by atoms with Crippen LogP contribution >= 0.6 is 0 Å². The molecule has 1 aromatic carbocycles. The molecule has 1 saturated carbocycles. The molecule has 7 nitrogen and oxygen atoms in total. The maximum Gasteiger partial charge on any atom is 0.388 e. The molecule has 0 radical (unpaired) electrons. The van der Waals surface area contributed by atoms with Crippen LogP contribution < -0.4 is 10.5 Å². The number of carbonyl (C=O) groups is 1. The monoisotopic (exact) mass is 364 g/mol. The van der Waals surface area contributed by atoms with Crippen LogP contribution in [0.25, 0.3) is 11.4 Å². The van der Waals surface area contributed by atoms with Crippen LogP contribution in [0.4, 0.5) is 19.1 Å². The third-order valence-corrected chi connectivity index (χ3v) is 3.76. The van der Waals surface area contributed by atoms with Gasteiger partial charge in [0.2, 0.25) is 5.88 Å². The Balaban J connectivity index is 2.02. The van der Waals surface area contributed by atoms with Crippen LogP contribution in [0.1, 0.15) is 28.8 Å². The summed E-state index contributed by atoms with van der Waals surface area (Å²) in [5, 5.41) is 8.96. The Labute approximate surface area is 145 Å². The molecule has 0 atom stereocenters. The lowest BCUT2D eigenvalue weighted by Gasteiger charge is -2.34. The van der Waals surface area contributed by atoms with Crippen LogP contribution in [-0.4, -0.2) is 28.0 Å². The number of nitrogens with two attached hydrogens (primary N) is 1. The second-order valence-corrected chi connectivity index (χ2v) is 5.67. The molecule has 134 valence electrons. The number of hydrogen-bond acceptors (Lipinski definition) is 7. The highest BCUT2D eigenvalue weighted by atomic mass is 19.3. The number of aromatic nitrogens is 2. The van der Waals surface area contributed by atoms with Crippen molar-refractivity contribution in [3.05, 3.63) is 35.4 Å². The fourth-order valence-electron chi connectivity index (χ4n) is 2.48. The van der Waals surface area contributed by atoms with E-state index in [0.29, 0.717) is 11.1 Å². The first kappa shape index (κ1) is 17.5. The first-order valence-corrected chi connectivity index (χ1v) is 7.38. The Kier molecular flexibility index (Phi) is 4.38. The normalized spacial score (nSPS) is 15.6. The summed E-state index contributed by atoms with van der Waals surface area (Å²) in [7, 11) is 0. The van der Waals surface area contributed by atoms with Gasteiger partial charge in [0, 0.05) is 22.9 Å². The first-order chi connectivity index (χ1) is 12.3. The maximum atomic E-state index is 13.0. The quantitative estimate of drug-likeness (QED) is 0.888. The fraction of sp³-hybridized carbons (Fsp3) is 0.250. The van der Waals surface area contributed by atoms with Gasteiger partial charge in [0.25, 0.3) is 5.92 Å². The standard InChI is InChI=1S/C16H11F3N4O3/c17-16(18)5-10(6-16)25-14-11(15(24)26-19)12(21)22-13(23-14)9-3-1-2-8(4-9)7-20/h1-4,10H,5-6H2,(H2,21,22,23). The van der Waals surface area contributed by atoms with Gasteiger partial charge in [0.15, 0.2) is 11.4 Å². The Morgan fingerprint density at radius 3 is 2.69 bits per heavy atom. The number of nitrogens with zero attached hydrogens (tertiary/aromatic N) is 3. The molecular formula is C16H11F3N4O3. The summed E-state index contributed by atoms with van der Waals surface area (Å²) in [5.41, 5.74) is 5.78. The van der Waals surface area contributed by atoms with E-state index in [1.165, 1.54) is 6.07 Å². The molecule has 0 spiro atoms. The fourth-order valence-corrected chi connectivity index (χ4v) is 2.48. The van der Waals surface area contributed by atoms with Gasteiger partial charge in [0.1, 0.15) is 11.9 Å². The highest BCUT2D eigenvalue weighted by molar-refractivity contribution is 5.96. The van der Waals surface area contributed by atoms with E-state index in [1.54, 1.807) is 18.2 Å². The van der Waals surface area contributed by atoms with E-state index >= 15 is 0 Å². The molecule has 3 rings (SSSR count). The molecule has 0 amide bonds. The number of nitrogen functional groups attached to an aromatic ring is 1. The van der Waals surface area contributed by atoms with Crippen LogP contribution in [0.2, 0.25) is 0 Å². The summed E-state index contributed by atoms with van der Waals surface area (Å²) in [6, 6.07) is 8.10. The zero-order valence-corrected chi connectivity index (χ0v) is 13.1. The molecule has 1 aromatic heterocycles. The molecule has 1 fully saturated rings. The second-order valence-electron chi connectivity index (χ2n) is 5.67. The number of benzene rings is 1. The number of ether oxygens (including phenoxy) is 1. The lowest BCUT2D eigenvalue weighted by atomic mass is 9.91. The average molecular weight is 364 g/mol. The highest BCUT2D eigenvalue weighted by Crippen LogP contribution is 2.40. The molecule has 2 aromatic rings. The molecule has 0 bridgehead atoms. The lowest BCUT2D eigenvalue weighted by Crippen LogP contribution is -2.43. The molecule has 10 heteroatoms. The van der Waals surface area contributed by atoms with Crippen molar-refractivity contribution in [3.63, 3.8) is 0 Å². The maximum absolute atomic E-state index is 13.0. The number of carbonyl (C=O) groups excluding carboxylic acids is 1. The number of rotatable bonds is 4. The zero-order valence-electron chi connectivity index (χ0n) is 13.1. The molecule has 0 aliphatic heterocycles. The third-order valence-electron chi connectivity index (χ3n) is 3.76. The first-order valence-electron chi connectivity index (χ1n) is 7.38. The summed E-state index contributed by atoms with van der Waals surface area (Å²) in [6.45, 7) is 0. The minimum absolute atomic E-state index is 0.0175. The van der Waals surface area contributed by atoms with Gasteiger partial charge in [-0.05, 0) is 12.1 Å². The van der Waals surface area contributed by atoms with Gasteiger partial charge in [-0.2, -0.15) is 10.2 Å². The summed E-state index contributed by atoms with van der Waals surface area (Å²) in [4.78, 5) is 22.6. The average Bonchev–Trinajstić information content (AvgIpc) is 2.59. The Morgan fingerprint density at radius 2 is 2.08 bits per heavy atom. The predicted octanol–water partition coefficient (Wildman–Crippen LogP) is 2.82. The summed E-state index contributed by atoms with van der Waals surface area (Å²) < 4.78 is 43.6. The van der Waals surface area contributed by atoms with Crippen LogP contribution in [-0.2, 0) is 4.94 Å². The molecule has 0 saturated heterocycles. The lowest BCUT2D eigenvalue weighted by molar-refractivity contribution is -0.135. The van der Waals surface area contributed by atoms with Crippen molar-refractivity contribution in [1.82, 2.24) is 9.97 Å². The molecule has 1 aliphatic rings. The SMILES string of the molecule is N#Cc1cccc(-c2nc(N)c(C(=O)OF)c(OC3CC(F)(F)C3)n2)c1. The van der Waals surface area contributed by atoms with E-state index < -0.39 is 48.1 Å².